The third-order valence-corrected chi connectivity index (χ3v) is 7.02. The highest BCUT2D eigenvalue weighted by atomic mass is 35.5. The Hall–Kier alpha value is -2.08. The highest BCUT2D eigenvalue weighted by Gasteiger charge is 2.35. The number of hydrogen-bond acceptors (Lipinski definition) is 3. The molecule has 0 bridgehead atoms. The van der Waals surface area contributed by atoms with Gasteiger partial charge in [-0.05, 0) is 61.6 Å². The molecule has 1 aromatic carbocycles. The molecule has 1 aromatic rings. The molecule has 0 spiro atoms. The maximum absolute atomic E-state index is 13.2. The smallest absolute Gasteiger partial charge is 0.306 e. The van der Waals surface area contributed by atoms with E-state index in [0.29, 0.717) is 38.3 Å². The number of piperidine rings is 1. The Kier molecular flexibility index (Phi) is 7.98. The van der Waals surface area contributed by atoms with Crippen molar-refractivity contribution in [2.24, 2.45) is 17.8 Å². The summed E-state index contributed by atoms with van der Waals surface area (Å²) in [5, 5.41) is 13.0. The van der Waals surface area contributed by atoms with E-state index in [1.807, 2.05) is 30.9 Å². The van der Waals surface area contributed by atoms with Crippen molar-refractivity contribution in [3.63, 3.8) is 0 Å². The quantitative estimate of drug-likeness (QED) is 0.686. The van der Waals surface area contributed by atoms with Crippen LogP contribution in [0.25, 0.3) is 0 Å². The van der Waals surface area contributed by atoms with E-state index in [4.69, 9.17) is 11.6 Å². The summed E-state index contributed by atoms with van der Waals surface area (Å²) in [6.45, 7) is 5.19. The third-order valence-electron chi connectivity index (χ3n) is 6.77. The summed E-state index contributed by atoms with van der Waals surface area (Å²) in [6, 6.07) is 7.33. The summed E-state index contributed by atoms with van der Waals surface area (Å²) in [5.41, 5.74) is 1.25. The number of carbonyl (C=O) groups excluding carboxylic acids is 2. The first kappa shape index (κ1) is 23.6. The maximum Gasteiger partial charge on any atom is 0.306 e. The lowest BCUT2D eigenvalue weighted by Gasteiger charge is -2.36. The van der Waals surface area contributed by atoms with Gasteiger partial charge in [0.1, 0.15) is 6.04 Å². The van der Waals surface area contributed by atoms with E-state index in [0.717, 1.165) is 24.3 Å². The number of benzene rings is 1. The molecule has 0 aromatic heterocycles. The van der Waals surface area contributed by atoms with Crippen molar-refractivity contribution in [3.8, 4) is 0 Å². The normalized spacial score (nSPS) is 23.4. The lowest BCUT2D eigenvalue weighted by atomic mass is 9.80. The monoisotopic (exact) mass is 448 g/mol. The van der Waals surface area contributed by atoms with Crippen molar-refractivity contribution in [2.45, 2.75) is 64.3 Å². The van der Waals surface area contributed by atoms with E-state index in [1.165, 1.54) is 5.56 Å². The van der Waals surface area contributed by atoms with Crippen LogP contribution in [-0.4, -0.2) is 46.9 Å². The first-order valence-corrected chi connectivity index (χ1v) is 11.7. The minimum atomic E-state index is -0.836. The minimum Gasteiger partial charge on any atom is -0.481 e. The first-order chi connectivity index (χ1) is 14.8. The summed E-state index contributed by atoms with van der Waals surface area (Å²) in [6.07, 6.45) is 4.15. The van der Waals surface area contributed by atoms with E-state index in [-0.39, 0.29) is 23.7 Å². The predicted molar refractivity (Wildman–Crippen MR) is 120 cm³/mol. The highest BCUT2D eigenvalue weighted by molar-refractivity contribution is 6.30. The molecule has 2 amide bonds. The SMILES string of the molecule is CC(C)[C@@H](NC(=O)[C@@H]1CCC[C@H](C(=O)O)C1)C(=O)N1CCC(c2ccc(Cl)cc2)CC1. The molecule has 6 nitrogen and oxygen atoms in total. The van der Waals surface area contributed by atoms with E-state index < -0.39 is 17.9 Å². The van der Waals surface area contributed by atoms with Gasteiger partial charge in [-0.3, -0.25) is 14.4 Å². The molecular weight excluding hydrogens is 416 g/mol. The van der Waals surface area contributed by atoms with Crippen molar-refractivity contribution >= 4 is 29.4 Å². The van der Waals surface area contributed by atoms with Crippen LogP contribution < -0.4 is 5.32 Å². The van der Waals surface area contributed by atoms with E-state index in [2.05, 4.69) is 17.4 Å². The summed E-state index contributed by atoms with van der Waals surface area (Å²) in [4.78, 5) is 39.2. The van der Waals surface area contributed by atoms with E-state index >= 15 is 0 Å². The van der Waals surface area contributed by atoms with Gasteiger partial charge in [-0.1, -0.05) is 44.0 Å². The molecule has 1 heterocycles. The Morgan fingerprint density at radius 1 is 1.03 bits per heavy atom. The number of halogens is 1. The number of amides is 2. The predicted octanol–water partition coefficient (Wildman–Crippen LogP) is 4.08. The van der Waals surface area contributed by atoms with Gasteiger partial charge in [0.05, 0.1) is 5.92 Å². The largest absolute Gasteiger partial charge is 0.481 e. The molecule has 1 aliphatic carbocycles. The Labute approximate surface area is 189 Å². The number of hydrogen-bond donors (Lipinski definition) is 2. The highest BCUT2D eigenvalue weighted by Crippen LogP contribution is 2.31. The van der Waals surface area contributed by atoms with Gasteiger partial charge in [0.15, 0.2) is 0 Å². The standard InChI is InChI=1S/C24H33ClN2O4/c1-15(2)21(26-22(28)18-4-3-5-19(14-18)24(30)31)23(29)27-12-10-17(11-13-27)16-6-8-20(25)9-7-16/h6-9,15,17-19,21H,3-5,10-14H2,1-2H3,(H,26,28)(H,30,31)/t18-,19+,21-/m1/s1. The van der Waals surface area contributed by atoms with Crippen LogP contribution in [0, 0.1) is 17.8 Å². The number of nitrogens with one attached hydrogen (secondary N) is 1. The van der Waals surface area contributed by atoms with Gasteiger partial charge < -0.3 is 15.3 Å². The summed E-state index contributed by atoms with van der Waals surface area (Å²) in [7, 11) is 0. The second-order valence-electron chi connectivity index (χ2n) is 9.28. The molecule has 2 N–H and O–H groups in total. The van der Waals surface area contributed by atoms with Crippen LogP contribution in [0.5, 0.6) is 0 Å². The molecule has 0 radical (unpaired) electrons. The van der Waals surface area contributed by atoms with E-state index in [9.17, 15) is 19.5 Å². The number of nitrogens with zero attached hydrogens (tertiary/aromatic N) is 1. The number of rotatable bonds is 6. The van der Waals surface area contributed by atoms with Crippen LogP contribution in [-0.2, 0) is 14.4 Å². The molecule has 3 atom stereocenters. The summed E-state index contributed by atoms with van der Waals surface area (Å²) < 4.78 is 0. The summed E-state index contributed by atoms with van der Waals surface area (Å²) >= 11 is 5.98. The molecule has 7 heteroatoms. The van der Waals surface area contributed by atoms with Gasteiger partial charge in [0.25, 0.3) is 0 Å². The van der Waals surface area contributed by atoms with Gasteiger partial charge >= 0.3 is 5.97 Å². The van der Waals surface area contributed by atoms with Crippen molar-refractivity contribution < 1.29 is 19.5 Å². The molecule has 170 valence electrons. The van der Waals surface area contributed by atoms with Gasteiger partial charge in [0, 0.05) is 24.0 Å². The Morgan fingerprint density at radius 2 is 1.65 bits per heavy atom. The average molecular weight is 449 g/mol. The lowest BCUT2D eigenvalue weighted by Crippen LogP contribution is -2.54. The van der Waals surface area contributed by atoms with Crippen LogP contribution in [0.15, 0.2) is 24.3 Å². The Morgan fingerprint density at radius 3 is 2.23 bits per heavy atom. The molecule has 2 aliphatic rings. The van der Waals surface area contributed by atoms with Gasteiger partial charge in [0.2, 0.25) is 11.8 Å². The summed E-state index contributed by atoms with van der Waals surface area (Å²) in [5.74, 6) is -1.49. The fourth-order valence-corrected chi connectivity index (χ4v) is 4.93. The van der Waals surface area contributed by atoms with Crippen LogP contribution in [0.1, 0.15) is 63.9 Å². The number of likely N-dealkylation sites (tertiary alicyclic amines) is 1. The lowest BCUT2D eigenvalue weighted by molar-refractivity contribution is -0.145. The number of carboxylic acid groups (broad SMARTS) is 1. The van der Waals surface area contributed by atoms with Gasteiger partial charge in [-0.2, -0.15) is 0 Å². The topological polar surface area (TPSA) is 86.7 Å². The fourth-order valence-electron chi connectivity index (χ4n) is 4.80. The van der Waals surface area contributed by atoms with Crippen molar-refractivity contribution in [1.29, 1.82) is 0 Å². The maximum atomic E-state index is 13.2. The van der Waals surface area contributed by atoms with Crippen molar-refractivity contribution in [2.75, 3.05) is 13.1 Å². The van der Waals surface area contributed by atoms with Crippen LogP contribution >= 0.6 is 11.6 Å². The second kappa shape index (κ2) is 10.5. The molecule has 0 unspecified atom stereocenters. The average Bonchev–Trinajstić information content (AvgIpc) is 2.77. The number of carbonyl (C=O) groups is 3. The van der Waals surface area contributed by atoms with Crippen molar-refractivity contribution in [1.82, 2.24) is 10.2 Å². The zero-order valence-electron chi connectivity index (χ0n) is 18.4. The molecule has 1 saturated carbocycles. The number of carboxylic acids is 1. The second-order valence-corrected chi connectivity index (χ2v) is 9.72. The van der Waals surface area contributed by atoms with Crippen molar-refractivity contribution in [3.05, 3.63) is 34.9 Å². The molecule has 3 rings (SSSR count). The third kappa shape index (κ3) is 6.00. The molecule has 1 saturated heterocycles. The van der Waals surface area contributed by atoms with Gasteiger partial charge in [-0.15, -0.1) is 0 Å². The number of aliphatic carboxylic acids is 1. The zero-order chi connectivity index (χ0) is 22.5. The Bertz CT molecular complexity index is 787. The molecular formula is C24H33ClN2O4. The van der Waals surface area contributed by atoms with E-state index in [1.54, 1.807) is 0 Å². The minimum absolute atomic E-state index is 0.0377. The zero-order valence-corrected chi connectivity index (χ0v) is 19.1. The Balaban J connectivity index is 1.57. The molecule has 1 aliphatic heterocycles. The molecule has 2 fully saturated rings. The first-order valence-electron chi connectivity index (χ1n) is 11.3. The van der Waals surface area contributed by atoms with Crippen LogP contribution in [0.2, 0.25) is 5.02 Å². The molecule has 31 heavy (non-hydrogen) atoms. The van der Waals surface area contributed by atoms with Crippen LogP contribution in [0.4, 0.5) is 0 Å². The van der Waals surface area contributed by atoms with Crippen LogP contribution in [0.3, 0.4) is 0 Å². The van der Waals surface area contributed by atoms with Gasteiger partial charge in [-0.25, -0.2) is 0 Å². The fraction of sp³-hybridized carbons (Fsp3) is 0.625.